The number of non-ortho nitro benzene ring substituents is 2. The minimum absolute atomic E-state index is 0.0427. The van der Waals surface area contributed by atoms with Gasteiger partial charge in [0.1, 0.15) is 0 Å². The Morgan fingerprint density at radius 1 is 1.07 bits per heavy atom. The Hall–Kier alpha value is -3.63. The van der Waals surface area contributed by atoms with E-state index in [9.17, 15) is 29.8 Å². The third-order valence-corrected chi connectivity index (χ3v) is 4.47. The van der Waals surface area contributed by atoms with Crippen molar-refractivity contribution in [3.8, 4) is 0 Å². The summed E-state index contributed by atoms with van der Waals surface area (Å²) < 4.78 is 1.26. The lowest BCUT2D eigenvalue weighted by Crippen LogP contribution is -2.33. The van der Waals surface area contributed by atoms with Crippen LogP contribution in [0.1, 0.15) is 34.5 Å². The quantitative estimate of drug-likeness (QED) is 0.580. The van der Waals surface area contributed by atoms with E-state index in [4.69, 9.17) is 0 Å². The van der Waals surface area contributed by atoms with Crippen LogP contribution in [0.3, 0.4) is 0 Å². The van der Waals surface area contributed by atoms with Crippen LogP contribution in [0.25, 0.3) is 0 Å². The van der Waals surface area contributed by atoms with Crippen molar-refractivity contribution in [1.82, 2.24) is 15.1 Å². The van der Waals surface area contributed by atoms with Gasteiger partial charge in [0.05, 0.1) is 33.7 Å². The number of amides is 1. The summed E-state index contributed by atoms with van der Waals surface area (Å²) in [4.78, 5) is 44.6. The average Bonchev–Trinajstić information content (AvgIpc) is 2.67. The number of carbonyl (C=O) groups is 1. The van der Waals surface area contributed by atoms with Gasteiger partial charge >= 0.3 is 0 Å². The maximum atomic E-state index is 12.2. The average molecular weight is 387 g/mol. The Kier molecular flexibility index (Phi) is 5.43. The number of nitro benzene ring substituents is 2. The maximum Gasteiger partial charge on any atom is 0.277 e. The van der Waals surface area contributed by atoms with Crippen molar-refractivity contribution in [1.29, 1.82) is 0 Å². The molecule has 3 rings (SSSR count). The maximum absolute atomic E-state index is 12.2. The second kappa shape index (κ2) is 7.94. The Morgan fingerprint density at radius 2 is 1.71 bits per heavy atom. The zero-order valence-electron chi connectivity index (χ0n) is 14.8. The van der Waals surface area contributed by atoms with Crippen LogP contribution in [0.15, 0.2) is 29.1 Å². The number of hydrogen-bond donors (Lipinski definition) is 1. The van der Waals surface area contributed by atoms with Gasteiger partial charge in [0.2, 0.25) is 0 Å². The van der Waals surface area contributed by atoms with Crippen LogP contribution in [-0.4, -0.2) is 32.1 Å². The Morgan fingerprint density at radius 3 is 2.36 bits per heavy atom. The summed E-state index contributed by atoms with van der Waals surface area (Å²) in [7, 11) is 0. The number of aromatic nitrogens is 2. The summed E-state index contributed by atoms with van der Waals surface area (Å²) in [5.41, 5.74) is 0.276. The number of benzene rings is 1. The van der Waals surface area contributed by atoms with Crippen LogP contribution in [0.5, 0.6) is 0 Å². The van der Waals surface area contributed by atoms with Crippen LogP contribution in [0, 0.1) is 20.2 Å². The molecule has 0 aliphatic heterocycles. The van der Waals surface area contributed by atoms with Gasteiger partial charge in [0.15, 0.2) is 0 Å². The topological polar surface area (TPSA) is 150 Å². The van der Waals surface area contributed by atoms with Gasteiger partial charge in [-0.2, -0.15) is 5.10 Å². The van der Waals surface area contributed by atoms with Gasteiger partial charge in [-0.05, 0) is 31.2 Å². The molecule has 11 nitrogen and oxygen atoms in total. The van der Waals surface area contributed by atoms with Crippen molar-refractivity contribution in [2.45, 2.75) is 32.2 Å². The second-order valence-electron chi connectivity index (χ2n) is 6.39. The lowest BCUT2D eigenvalue weighted by molar-refractivity contribution is -0.394. The number of nitrogens with one attached hydrogen (secondary N) is 1. The summed E-state index contributed by atoms with van der Waals surface area (Å²) in [6, 6.07) is 4.28. The molecule has 1 heterocycles. The van der Waals surface area contributed by atoms with Crippen molar-refractivity contribution in [3.63, 3.8) is 0 Å². The van der Waals surface area contributed by atoms with Gasteiger partial charge in [0, 0.05) is 24.7 Å². The van der Waals surface area contributed by atoms with Gasteiger partial charge in [-0.15, -0.1) is 0 Å². The summed E-state index contributed by atoms with van der Waals surface area (Å²) >= 11 is 0. The van der Waals surface area contributed by atoms with Crippen molar-refractivity contribution in [2.24, 2.45) is 0 Å². The van der Waals surface area contributed by atoms with Crippen molar-refractivity contribution >= 4 is 17.3 Å². The molecule has 1 aliphatic carbocycles. The van der Waals surface area contributed by atoms with Gasteiger partial charge in [0.25, 0.3) is 22.8 Å². The number of nitro groups is 2. The van der Waals surface area contributed by atoms with Gasteiger partial charge in [-0.3, -0.25) is 29.8 Å². The number of nitrogens with zero attached hydrogens (tertiary/aromatic N) is 4. The van der Waals surface area contributed by atoms with E-state index in [1.807, 2.05) is 0 Å². The highest BCUT2D eigenvalue weighted by Crippen LogP contribution is 2.22. The van der Waals surface area contributed by atoms with E-state index in [0.717, 1.165) is 55.1 Å². The predicted molar refractivity (Wildman–Crippen MR) is 97.2 cm³/mol. The summed E-state index contributed by atoms with van der Waals surface area (Å²) in [5, 5.41) is 28.7. The van der Waals surface area contributed by atoms with E-state index in [0.29, 0.717) is 0 Å². The summed E-state index contributed by atoms with van der Waals surface area (Å²) in [5.74, 6) is -0.710. The monoisotopic (exact) mass is 387 g/mol. The molecule has 2 aromatic rings. The summed E-state index contributed by atoms with van der Waals surface area (Å²) in [6.45, 7) is 0.163. The molecule has 1 amide bonds. The van der Waals surface area contributed by atoms with Gasteiger partial charge in [-0.25, -0.2) is 4.68 Å². The molecule has 1 aromatic heterocycles. The second-order valence-corrected chi connectivity index (χ2v) is 6.39. The molecule has 1 aromatic carbocycles. The molecule has 1 N–H and O–H groups in total. The van der Waals surface area contributed by atoms with Crippen LogP contribution in [0.2, 0.25) is 0 Å². The zero-order chi connectivity index (χ0) is 20.3. The summed E-state index contributed by atoms with van der Waals surface area (Å²) in [6.07, 6.45) is 3.68. The first-order chi connectivity index (χ1) is 13.3. The van der Waals surface area contributed by atoms with Crippen LogP contribution >= 0.6 is 0 Å². The highest BCUT2D eigenvalue weighted by atomic mass is 16.6. The number of hydrogen-bond acceptors (Lipinski definition) is 7. The molecule has 0 bridgehead atoms. The Bertz CT molecular complexity index is 983. The largest absolute Gasteiger partial charge is 0.350 e. The minimum Gasteiger partial charge on any atom is -0.350 e. The minimum atomic E-state index is -0.805. The van der Waals surface area contributed by atoms with Crippen LogP contribution < -0.4 is 10.9 Å². The Balaban J connectivity index is 1.70. The van der Waals surface area contributed by atoms with Crippen LogP contribution in [-0.2, 0) is 19.4 Å². The molecule has 0 saturated carbocycles. The van der Waals surface area contributed by atoms with Gasteiger partial charge in [-0.1, -0.05) is 0 Å². The molecular formula is C17H17N5O6. The number of aryl methyl sites for hydroxylation is 2. The van der Waals surface area contributed by atoms with Crippen molar-refractivity contribution < 1.29 is 14.6 Å². The molecular weight excluding hydrogens is 370 g/mol. The molecule has 0 fully saturated rings. The van der Waals surface area contributed by atoms with Gasteiger partial charge < -0.3 is 5.32 Å². The number of rotatable bonds is 6. The third-order valence-electron chi connectivity index (χ3n) is 4.47. The Labute approximate surface area is 158 Å². The molecule has 0 saturated heterocycles. The van der Waals surface area contributed by atoms with Crippen molar-refractivity contribution in [3.05, 3.63) is 71.7 Å². The number of fused-ring (bicyclic) bond motifs is 1. The highest BCUT2D eigenvalue weighted by molar-refractivity contribution is 5.95. The predicted octanol–water partition coefficient (Wildman–Crippen LogP) is 1.37. The molecule has 1 aliphatic rings. The first-order valence-electron chi connectivity index (χ1n) is 8.67. The third kappa shape index (κ3) is 4.19. The normalized spacial score (nSPS) is 12.9. The smallest absolute Gasteiger partial charge is 0.277 e. The van der Waals surface area contributed by atoms with E-state index in [1.165, 1.54) is 4.68 Å². The van der Waals surface area contributed by atoms with E-state index in [2.05, 4.69) is 10.4 Å². The fourth-order valence-electron chi connectivity index (χ4n) is 3.08. The number of carbonyl (C=O) groups excluding carboxylic acids is 1. The fourth-order valence-corrected chi connectivity index (χ4v) is 3.08. The first-order valence-corrected chi connectivity index (χ1v) is 8.67. The van der Waals surface area contributed by atoms with Crippen molar-refractivity contribution in [2.75, 3.05) is 6.54 Å². The standard InChI is InChI=1S/C17H17N5O6/c23-16-9-11-3-1-2-4-15(11)19-20(16)6-5-18-17(24)12-7-13(21(25)26)10-14(8-12)22(27)28/h7-10H,1-6H2,(H,18,24). The molecule has 0 spiro atoms. The fraction of sp³-hybridized carbons (Fsp3) is 0.353. The van der Waals surface area contributed by atoms with E-state index in [1.54, 1.807) is 6.07 Å². The SMILES string of the molecule is O=C(NCCn1nc2c(cc1=O)CCCC2)c1cc([N+](=O)[O-])cc([N+](=O)[O-])c1. The zero-order valence-corrected chi connectivity index (χ0v) is 14.8. The molecule has 0 radical (unpaired) electrons. The van der Waals surface area contributed by atoms with E-state index in [-0.39, 0.29) is 24.2 Å². The molecule has 0 atom stereocenters. The lowest BCUT2D eigenvalue weighted by Gasteiger charge is -2.16. The molecule has 0 unspecified atom stereocenters. The molecule has 28 heavy (non-hydrogen) atoms. The molecule has 146 valence electrons. The van der Waals surface area contributed by atoms with Crippen LogP contribution in [0.4, 0.5) is 11.4 Å². The van der Waals surface area contributed by atoms with E-state index >= 15 is 0 Å². The lowest BCUT2D eigenvalue weighted by atomic mass is 9.97. The first kappa shape index (κ1) is 19.1. The highest BCUT2D eigenvalue weighted by Gasteiger charge is 2.20. The molecule has 11 heteroatoms. The van der Waals surface area contributed by atoms with E-state index < -0.39 is 27.1 Å².